The molecule has 4 N–H and O–H groups in total. The van der Waals surface area contributed by atoms with Gasteiger partial charge in [0.05, 0.1) is 45.6 Å². The molecule has 0 radical (unpaired) electrons. The molecule has 0 aromatic heterocycles. The first-order valence-electron chi connectivity index (χ1n) is 16.5. The van der Waals surface area contributed by atoms with E-state index in [1.54, 1.807) is 0 Å². The second-order valence-corrected chi connectivity index (χ2v) is 12.3. The van der Waals surface area contributed by atoms with Crippen molar-refractivity contribution >= 4 is 56.5 Å². The third-order valence-electron chi connectivity index (χ3n) is 9.19. The van der Waals surface area contributed by atoms with Crippen LogP contribution in [0.3, 0.4) is 0 Å². The Balaban J connectivity index is 1.39. The highest BCUT2D eigenvalue weighted by Gasteiger charge is 2.28. The molecule has 0 saturated heterocycles. The first-order chi connectivity index (χ1) is 24.6. The van der Waals surface area contributed by atoms with E-state index >= 15 is 0 Å². The van der Waals surface area contributed by atoms with Crippen LogP contribution >= 0.6 is 0 Å². The molecule has 50 heavy (non-hydrogen) atoms. The van der Waals surface area contributed by atoms with Crippen molar-refractivity contribution in [2.75, 3.05) is 11.5 Å². The smallest absolute Gasteiger partial charge is 0.0738 e. The molecule has 5 aliphatic heterocycles. The lowest BCUT2D eigenvalue weighted by molar-refractivity contribution is 1.41. The number of nitrogen functional groups attached to an aromatic ring is 2. The molecule has 5 aliphatic rings. The highest BCUT2D eigenvalue weighted by atomic mass is 14.9. The van der Waals surface area contributed by atoms with Crippen LogP contribution in [-0.2, 0) is 0 Å². The minimum atomic E-state index is 0.651. The summed E-state index contributed by atoms with van der Waals surface area (Å²) in [6, 6.07) is 36.3. The summed E-state index contributed by atoms with van der Waals surface area (Å²) in [6.45, 7) is 0. The largest absolute Gasteiger partial charge is 0.398 e. The van der Waals surface area contributed by atoms with Crippen molar-refractivity contribution in [1.82, 2.24) is 0 Å². The number of nitrogens with two attached hydrogens (primary N) is 2. The number of allylic oxidation sites excluding steroid dienone is 12. The number of anilines is 2. The zero-order valence-electron chi connectivity index (χ0n) is 27.0. The molecule has 0 spiro atoms. The average Bonchev–Trinajstić information content (AvgIpc) is 3.98. The standard InChI is InChI=1S/C44H30N6/c45-31-17-9-7-15-29(31)43-37-23-19-33(47-37)41(27-11-3-1-4-12-27)34-20-24-38(48-34)44(30-16-8-10-18-32(30)46)40-26-22-36(50-40)42(28-13-5-2-6-14-28)35-21-25-39(43)49-35/h1-26H,45-46H2. The lowest BCUT2D eigenvalue weighted by Gasteiger charge is -2.14. The molecule has 0 aliphatic carbocycles. The van der Waals surface area contributed by atoms with Crippen LogP contribution in [0.15, 0.2) is 201 Å². The van der Waals surface area contributed by atoms with Crippen molar-refractivity contribution in [3.05, 3.63) is 203 Å². The van der Waals surface area contributed by atoms with Crippen molar-refractivity contribution in [2.45, 2.75) is 0 Å². The fourth-order valence-corrected chi connectivity index (χ4v) is 6.89. The molecule has 0 atom stereocenters. The summed E-state index contributed by atoms with van der Waals surface area (Å²) in [4.78, 5) is 21.2. The molecule has 5 heterocycles. The van der Waals surface area contributed by atoms with Crippen molar-refractivity contribution in [3.8, 4) is 0 Å². The van der Waals surface area contributed by atoms with Gasteiger partial charge in [0.1, 0.15) is 0 Å². The van der Waals surface area contributed by atoms with Crippen LogP contribution in [0, 0.1) is 0 Å². The number of fused-ring (bicyclic) bond motifs is 4. The zero-order valence-corrected chi connectivity index (χ0v) is 27.0. The maximum atomic E-state index is 6.64. The average molecular weight is 643 g/mol. The van der Waals surface area contributed by atoms with Crippen molar-refractivity contribution in [3.63, 3.8) is 0 Å². The highest BCUT2D eigenvalue weighted by molar-refractivity contribution is 6.40. The van der Waals surface area contributed by atoms with Gasteiger partial charge in [-0.3, -0.25) is 0 Å². The number of nitrogens with zero attached hydrogens (tertiary/aromatic N) is 4. The molecule has 4 aromatic carbocycles. The third kappa shape index (κ3) is 4.98. The zero-order chi connectivity index (χ0) is 33.6. The van der Waals surface area contributed by atoms with Crippen LogP contribution in [0.25, 0.3) is 22.3 Å². The van der Waals surface area contributed by atoms with Gasteiger partial charge in [0.15, 0.2) is 0 Å². The van der Waals surface area contributed by atoms with Crippen molar-refractivity contribution in [1.29, 1.82) is 0 Å². The Bertz CT molecular complexity index is 2330. The Kier molecular flexibility index (Phi) is 6.99. The minimum absolute atomic E-state index is 0.651. The van der Waals surface area contributed by atoms with Gasteiger partial charge in [0.2, 0.25) is 0 Å². The SMILES string of the molecule is Nc1ccccc1C1=C2C=CC(=N2)C(c2ccccc2)=C2C=CC(=N2)C(c2ccccc2N)=C2C=CC(=N2)C(c2ccccc2)=C2C=CC1=N2. The predicted molar refractivity (Wildman–Crippen MR) is 209 cm³/mol. The number of para-hydroxylation sites is 2. The molecular weight excluding hydrogens is 613 g/mol. The maximum absolute atomic E-state index is 6.64. The normalized spacial score (nSPS) is 17.6. The fraction of sp³-hybridized carbons (Fsp3) is 0. The quantitative estimate of drug-likeness (QED) is 0.217. The van der Waals surface area contributed by atoms with Crippen molar-refractivity contribution < 1.29 is 0 Å². The summed E-state index contributed by atoms with van der Waals surface area (Å²) in [5, 5.41) is 0. The molecule has 8 bridgehead atoms. The lowest BCUT2D eigenvalue weighted by atomic mass is 9.97. The Morgan fingerprint density at radius 1 is 0.300 bits per heavy atom. The topological polar surface area (TPSA) is 101 Å². The number of hydrogen-bond donors (Lipinski definition) is 2. The first-order valence-corrected chi connectivity index (χ1v) is 16.5. The second kappa shape index (κ2) is 12.0. The van der Waals surface area contributed by atoms with Gasteiger partial charge in [0.25, 0.3) is 0 Å². The Morgan fingerprint density at radius 2 is 0.600 bits per heavy atom. The van der Waals surface area contributed by atoms with E-state index in [1.165, 1.54) is 0 Å². The van der Waals surface area contributed by atoms with E-state index in [1.807, 2.05) is 109 Å². The summed E-state index contributed by atoms with van der Waals surface area (Å²) in [7, 11) is 0. The molecule has 0 unspecified atom stereocenters. The van der Waals surface area contributed by atoms with Gasteiger partial charge in [-0.2, -0.15) is 0 Å². The van der Waals surface area contributed by atoms with Gasteiger partial charge >= 0.3 is 0 Å². The number of aliphatic imine (C=N–C) groups is 4. The third-order valence-corrected chi connectivity index (χ3v) is 9.19. The predicted octanol–water partition coefficient (Wildman–Crippen LogP) is 8.85. The maximum Gasteiger partial charge on any atom is 0.0738 e. The van der Waals surface area contributed by atoms with Crippen LogP contribution in [0.5, 0.6) is 0 Å². The summed E-state index contributed by atoms with van der Waals surface area (Å²) >= 11 is 0. The van der Waals surface area contributed by atoms with E-state index in [-0.39, 0.29) is 0 Å². The number of hydrogen-bond acceptors (Lipinski definition) is 6. The van der Waals surface area contributed by atoms with Gasteiger partial charge in [-0.05, 0) is 71.9 Å². The van der Waals surface area contributed by atoms with E-state index in [2.05, 4.69) is 48.6 Å². The summed E-state index contributed by atoms with van der Waals surface area (Å²) in [5.74, 6) is 0. The Labute approximate surface area is 290 Å². The molecule has 9 rings (SSSR count). The molecule has 6 nitrogen and oxygen atoms in total. The monoisotopic (exact) mass is 642 g/mol. The van der Waals surface area contributed by atoms with Gasteiger partial charge < -0.3 is 11.5 Å². The van der Waals surface area contributed by atoms with E-state index < -0.39 is 0 Å². The van der Waals surface area contributed by atoms with E-state index in [9.17, 15) is 0 Å². The first kappa shape index (κ1) is 29.2. The molecule has 0 saturated carbocycles. The minimum Gasteiger partial charge on any atom is -0.398 e. The van der Waals surface area contributed by atoms with Crippen LogP contribution < -0.4 is 11.5 Å². The molecule has 6 heteroatoms. The number of benzene rings is 4. The molecule has 4 aromatic rings. The van der Waals surface area contributed by atoms with Gasteiger partial charge in [-0.15, -0.1) is 0 Å². The van der Waals surface area contributed by atoms with E-state index in [4.69, 9.17) is 31.4 Å². The Hall–Kier alpha value is -6.92. The molecule has 236 valence electrons. The Morgan fingerprint density at radius 3 is 0.960 bits per heavy atom. The van der Waals surface area contributed by atoms with Crippen LogP contribution in [0.1, 0.15) is 22.3 Å². The van der Waals surface area contributed by atoms with Gasteiger partial charge in [-0.1, -0.05) is 97.1 Å². The van der Waals surface area contributed by atoms with Gasteiger partial charge in [-0.25, -0.2) is 20.0 Å². The summed E-state index contributed by atoms with van der Waals surface area (Å²) in [6.07, 6.45) is 16.4. The fourth-order valence-electron chi connectivity index (χ4n) is 6.89. The lowest BCUT2D eigenvalue weighted by Crippen LogP contribution is -2.05. The molecule has 0 fully saturated rings. The highest BCUT2D eigenvalue weighted by Crippen LogP contribution is 2.39. The van der Waals surface area contributed by atoms with Crippen LogP contribution in [0.2, 0.25) is 0 Å². The van der Waals surface area contributed by atoms with Gasteiger partial charge in [0, 0.05) is 44.8 Å². The summed E-state index contributed by atoms with van der Waals surface area (Å²) in [5.41, 5.74) is 28.2. The van der Waals surface area contributed by atoms with Crippen molar-refractivity contribution in [2.24, 2.45) is 20.0 Å². The molecular formula is C44H30N6. The van der Waals surface area contributed by atoms with E-state index in [0.717, 1.165) is 90.2 Å². The summed E-state index contributed by atoms with van der Waals surface area (Å²) < 4.78 is 0. The van der Waals surface area contributed by atoms with E-state index in [0.29, 0.717) is 11.4 Å². The molecule has 0 amide bonds. The van der Waals surface area contributed by atoms with Crippen LogP contribution in [-0.4, -0.2) is 22.8 Å². The second-order valence-electron chi connectivity index (χ2n) is 12.3. The van der Waals surface area contributed by atoms with Crippen LogP contribution in [0.4, 0.5) is 11.4 Å². The number of rotatable bonds is 4.